The van der Waals surface area contributed by atoms with Crippen LogP contribution in [0.2, 0.25) is 0 Å². The van der Waals surface area contributed by atoms with Gasteiger partial charge in [0.1, 0.15) is 0 Å². The molecule has 0 fully saturated rings. The van der Waals surface area contributed by atoms with Gasteiger partial charge in [-0.25, -0.2) is 0 Å². The van der Waals surface area contributed by atoms with Crippen molar-refractivity contribution in [1.82, 2.24) is 0 Å². The quantitative estimate of drug-likeness (QED) is 0.401. The fraction of sp³-hybridized carbons (Fsp3) is 0.111. The van der Waals surface area contributed by atoms with Gasteiger partial charge in [-0.3, -0.25) is 0 Å². The minimum Gasteiger partial charge on any atom is -0.355 e. The number of nitrogens with one attached hydrogen (secondary N) is 1. The fourth-order valence-electron chi connectivity index (χ4n) is 4.42. The standard InChI is InChI=1S/C27H23N/c1-27(2)23-15-7-6-14-22(23)26-24(27)16-9-17-25(26)28-21-13-8-12-20(18-21)19-10-4-3-5-11-19/h3-18,28H,1-2H3. The molecule has 0 amide bonds. The van der Waals surface area contributed by atoms with E-state index in [-0.39, 0.29) is 5.41 Å². The lowest BCUT2D eigenvalue weighted by Crippen LogP contribution is -2.14. The van der Waals surface area contributed by atoms with Gasteiger partial charge in [-0.1, -0.05) is 92.7 Å². The highest BCUT2D eigenvalue weighted by Crippen LogP contribution is 2.51. The predicted octanol–water partition coefficient (Wildman–Crippen LogP) is 7.40. The molecule has 0 radical (unpaired) electrons. The fourth-order valence-corrected chi connectivity index (χ4v) is 4.42. The van der Waals surface area contributed by atoms with Gasteiger partial charge in [-0.2, -0.15) is 0 Å². The number of fused-ring (bicyclic) bond motifs is 3. The van der Waals surface area contributed by atoms with E-state index < -0.39 is 0 Å². The Kier molecular flexibility index (Phi) is 3.84. The Balaban J connectivity index is 1.59. The van der Waals surface area contributed by atoms with Gasteiger partial charge in [0.25, 0.3) is 0 Å². The average Bonchev–Trinajstić information content (AvgIpc) is 2.97. The normalized spacial score (nSPS) is 13.6. The molecule has 4 aromatic rings. The van der Waals surface area contributed by atoms with E-state index in [2.05, 4.69) is 116 Å². The maximum Gasteiger partial charge on any atom is 0.0467 e. The van der Waals surface area contributed by atoms with E-state index in [4.69, 9.17) is 0 Å². The SMILES string of the molecule is CC1(C)c2ccccc2-c2c(Nc3cccc(-c4ccccc4)c3)cccc21. The van der Waals surface area contributed by atoms with Gasteiger partial charge in [-0.05, 0) is 46.0 Å². The van der Waals surface area contributed by atoms with Crippen LogP contribution in [0.25, 0.3) is 22.3 Å². The number of benzene rings is 4. The van der Waals surface area contributed by atoms with E-state index in [1.54, 1.807) is 0 Å². The Morgan fingerprint density at radius 1 is 0.607 bits per heavy atom. The maximum atomic E-state index is 3.69. The highest BCUT2D eigenvalue weighted by Gasteiger charge is 2.36. The van der Waals surface area contributed by atoms with Crippen LogP contribution in [0.3, 0.4) is 0 Å². The first kappa shape index (κ1) is 16.8. The summed E-state index contributed by atoms with van der Waals surface area (Å²) in [6.45, 7) is 4.63. The van der Waals surface area contributed by atoms with Gasteiger partial charge in [0.05, 0.1) is 0 Å². The highest BCUT2D eigenvalue weighted by molar-refractivity contribution is 5.91. The lowest BCUT2D eigenvalue weighted by molar-refractivity contribution is 0.660. The van der Waals surface area contributed by atoms with Gasteiger partial charge in [0, 0.05) is 22.4 Å². The minimum atomic E-state index is 0.0233. The first-order valence-corrected chi connectivity index (χ1v) is 9.80. The monoisotopic (exact) mass is 361 g/mol. The molecule has 0 unspecified atom stereocenters. The molecule has 1 heteroatoms. The number of anilines is 2. The highest BCUT2D eigenvalue weighted by atomic mass is 14.9. The lowest BCUT2D eigenvalue weighted by Gasteiger charge is -2.21. The van der Waals surface area contributed by atoms with Crippen LogP contribution >= 0.6 is 0 Å². The first-order chi connectivity index (χ1) is 13.6. The van der Waals surface area contributed by atoms with Crippen LogP contribution in [0.15, 0.2) is 97.1 Å². The zero-order chi connectivity index (χ0) is 19.1. The summed E-state index contributed by atoms with van der Waals surface area (Å²) in [7, 11) is 0. The van der Waals surface area contributed by atoms with Crippen LogP contribution in [0.5, 0.6) is 0 Å². The van der Waals surface area contributed by atoms with Crippen molar-refractivity contribution in [2.45, 2.75) is 19.3 Å². The molecule has 5 rings (SSSR count). The van der Waals surface area contributed by atoms with Crippen LogP contribution in [0.4, 0.5) is 11.4 Å². The maximum absolute atomic E-state index is 3.69. The molecule has 0 bridgehead atoms. The molecule has 28 heavy (non-hydrogen) atoms. The van der Waals surface area contributed by atoms with Crippen molar-refractivity contribution in [3.8, 4) is 22.3 Å². The van der Waals surface area contributed by atoms with Crippen molar-refractivity contribution in [3.05, 3.63) is 108 Å². The van der Waals surface area contributed by atoms with E-state index >= 15 is 0 Å². The Morgan fingerprint density at radius 3 is 2.14 bits per heavy atom. The van der Waals surface area contributed by atoms with E-state index in [1.165, 1.54) is 39.1 Å². The number of hydrogen-bond acceptors (Lipinski definition) is 1. The summed E-state index contributed by atoms with van der Waals surface area (Å²) in [5, 5.41) is 3.69. The third-order valence-electron chi connectivity index (χ3n) is 5.86. The van der Waals surface area contributed by atoms with Gasteiger partial charge in [-0.15, -0.1) is 0 Å². The van der Waals surface area contributed by atoms with Crippen molar-refractivity contribution in [3.63, 3.8) is 0 Å². The summed E-state index contributed by atoms with van der Waals surface area (Å²) in [5.74, 6) is 0. The van der Waals surface area contributed by atoms with Gasteiger partial charge < -0.3 is 5.32 Å². The van der Waals surface area contributed by atoms with Crippen molar-refractivity contribution < 1.29 is 0 Å². The Morgan fingerprint density at radius 2 is 1.29 bits per heavy atom. The summed E-state index contributed by atoms with van der Waals surface area (Å²) >= 11 is 0. The Bertz CT molecular complexity index is 1160. The molecule has 0 saturated carbocycles. The molecule has 0 heterocycles. The van der Waals surface area contributed by atoms with E-state index in [0.717, 1.165) is 5.69 Å². The molecule has 1 N–H and O–H groups in total. The minimum absolute atomic E-state index is 0.0233. The van der Waals surface area contributed by atoms with Gasteiger partial charge in [0.2, 0.25) is 0 Å². The second-order valence-electron chi connectivity index (χ2n) is 7.97. The van der Waals surface area contributed by atoms with Crippen LogP contribution in [-0.4, -0.2) is 0 Å². The van der Waals surface area contributed by atoms with Crippen LogP contribution in [0.1, 0.15) is 25.0 Å². The third-order valence-corrected chi connectivity index (χ3v) is 5.86. The average molecular weight is 361 g/mol. The number of hydrogen-bond donors (Lipinski definition) is 1. The van der Waals surface area contributed by atoms with E-state index in [9.17, 15) is 0 Å². The Hall–Kier alpha value is -3.32. The second kappa shape index (κ2) is 6.38. The molecule has 0 spiro atoms. The predicted molar refractivity (Wildman–Crippen MR) is 119 cm³/mol. The molecule has 0 aliphatic heterocycles. The third kappa shape index (κ3) is 2.63. The molecular weight excluding hydrogens is 338 g/mol. The largest absolute Gasteiger partial charge is 0.355 e. The zero-order valence-electron chi connectivity index (χ0n) is 16.2. The van der Waals surface area contributed by atoms with Crippen LogP contribution < -0.4 is 5.32 Å². The molecule has 1 aliphatic rings. The first-order valence-electron chi connectivity index (χ1n) is 9.80. The van der Waals surface area contributed by atoms with Gasteiger partial charge >= 0.3 is 0 Å². The van der Waals surface area contributed by atoms with E-state index in [1.807, 2.05) is 0 Å². The molecule has 0 saturated heterocycles. The summed E-state index contributed by atoms with van der Waals surface area (Å²) in [6, 6.07) is 34.6. The summed E-state index contributed by atoms with van der Waals surface area (Å²) in [5.41, 5.74) is 10.2. The molecule has 1 aliphatic carbocycles. The lowest BCUT2D eigenvalue weighted by atomic mass is 9.82. The molecular formula is C27H23N. The molecule has 1 nitrogen and oxygen atoms in total. The van der Waals surface area contributed by atoms with Gasteiger partial charge in [0.15, 0.2) is 0 Å². The van der Waals surface area contributed by atoms with E-state index in [0.29, 0.717) is 0 Å². The zero-order valence-corrected chi connectivity index (χ0v) is 16.2. The molecule has 0 atom stereocenters. The van der Waals surface area contributed by atoms with Crippen LogP contribution in [-0.2, 0) is 5.41 Å². The smallest absolute Gasteiger partial charge is 0.0467 e. The number of rotatable bonds is 3. The summed E-state index contributed by atoms with van der Waals surface area (Å²) in [6.07, 6.45) is 0. The molecule has 136 valence electrons. The van der Waals surface area contributed by atoms with Crippen molar-refractivity contribution in [1.29, 1.82) is 0 Å². The van der Waals surface area contributed by atoms with Crippen LogP contribution in [0, 0.1) is 0 Å². The van der Waals surface area contributed by atoms with Crippen molar-refractivity contribution >= 4 is 11.4 Å². The summed E-state index contributed by atoms with van der Waals surface area (Å²) in [4.78, 5) is 0. The molecule has 0 aromatic heterocycles. The second-order valence-corrected chi connectivity index (χ2v) is 7.97. The van der Waals surface area contributed by atoms with Crippen molar-refractivity contribution in [2.24, 2.45) is 0 Å². The van der Waals surface area contributed by atoms with Crippen molar-refractivity contribution in [2.75, 3.05) is 5.32 Å². The molecule has 4 aromatic carbocycles. The Labute approximate surface area is 166 Å². The topological polar surface area (TPSA) is 12.0 Å². The summed E-state index contributed by atoms with van der Waals surface area (Å²) < 4.78 is 0.